The highest BCUT2D eigenvalue weighted by atomic mass is 19.3. The molecule has 3 aromatic heterocycles. The number of aromatic nitrogens is 6. The molecule has 0 aliphatic heterocycles. The van der Waals surface area contributed by atoms with Crippen LogP contribution in [0.15, 0.2) is 67.4 Å². The summed E-state index contributed by atoms with van der Waals surface area (Å²) >= 11 is 0. The summed E-state index contributed by atoms with van der Waals surface area (Å²) in [7, 11) is 0. The molecule has 0 spiro atoms. The zero-order valence-electron chi connectivity index (χ0n) is 15.7. The van der Waals surface area contributed by atoms with E-state index in [2.05, 4.69) is 25.5 Å². The second-order valence-electron chi connectivity index (χ2n) is 6.73. The van der Waals surface area contributed by atoms with Gasteiger partial charge in [-0.15, -0.1) is 5.10 Å². The first-order valence-electron chi connectivity index (χ1n) is 8.95. The largest absolute Gasteiger partial charge is 0.377 e. The number of pyridine rings is 2. The zero-order valence-corrected chi connectivity index (χ0v) is 15.7. The Labute approximate surface area is 173 Å². The molecule has 0 saturated carbocycles. The van der Waals surface area contributed by atoms with E-state index in [0.717, 1.165) is 29.2 Å². The summed E-state index contributed by atoms with van der Waals surface area (Å²) in [5.74, 6) is -6.42. The van der Waals surface area contributed by atoms with Crippen molar-refractivity contribution in [1.29, 1.82) is 0 Å². The van der Waals surface area contributed by atoms with Crippen LogP contribution in [0.4, 0.5) is 17.6 Å². The fourth-order valence-corrected chi connectivity index (χ4v) is 3.17. The minimum Gasteiger partial charge on any atom is -0.377 e. The van der Waals surface area contributed by atoms with E-state index in [0.29, 0.717) is 17.2 Å². The summed E-state index contributed by atoms with van der Waals surface area (Å²) in [6.45, 7) is -0.913. The van der Waals surface area contributed by atoms with E-state index in [1.807, 2.05) is 0 Å². The van der Waals surface area contributed by atoms with Gasteiger partial charge in [0.1, 0.15) is 23.7 Å². The Hall–Kier alpha value is -3.73. The van der Waals surface area contributed by atoms with Crippen LogP contribution in [0.2, 0.25) is 0 Å². The fraction of sp³-hybridized carbons (Fsp3) is 0.150. The lowest BCUT2D eigenvalue weighted by atomic mass is 9.84. The molecule has 0 aliphatic rings. The van der Waals surface area contributed by atoms with Crippen molar-refractivity contribution in [2.24, 2.45) is 0 Å². The van der Waals surface area contributed by atoms with Gasteiger partial charge in [-0.25, -0.2) is 13.5 Å². The highest BCUT2D eigenvalue weighted by molar-refractivity contribution is 5.61. The van der Waals surface area contributed by atoms with Crippen LogP contribution in [0.25, 0.3) is 11.1 Å². The van der Waals surface area contributed by atoms with E-state index in [9.17, 15) is 13.9 Å². The molecule has 0 saturated heterocycles. The van der Waals surface area contributed by atoms with Crippen LogP contribution in [0.1, 0.15) is 11.3 Å². The number of halogens is 4. The summed E-state index contributed by atoms with van der Waals surface area (Å²) < 4.78 is 59.9. The van der Waals surface area contributed by atoms with E-state index in [1.165, 1.54) is 12.3 Å². The van der Waals surface area contributed by atoms with Gasteiger partial charge < -0.3 is 5.11 Å². The average molecular weight is 430 g/mol. The lowest BCUT2D eigenvalue weighted by molar-refractivity contribution is -0.207. The third-order valence-electron chi connectivity index (χ3n) is 4.78. The predicted molar refractivity (Wildman–Crippen MR) is 99.4 cm³/mol. The number of aliphatic hydroxyl groups is 1. The molecule has 31 heavy (non-hydrogen) atoms. The van der Waals surface area contributed by atoms with E-state index >= 15 is 8.78 Å². The normalized spacial score (nSPS) is 13.7. The molecule has 0 radical (unpaired) electrons. The summed E-state index contributed by atoms with van der Waals surface area (Å²) in [6, 6.07) is 7.72. The fourth-order valence-electron chi connectivity index (χ4n) is 3.17. The topological polar surface area (TPSA) is 89.6 Å². The van der Waals surface area contributed by atoms with Crippen LogP contribution in [0.3, 0.4) is 0 Å². The smallest absolute Gasteiger partial charge is 0.323 e. The Morgan fingerprint density at radius 2 is 1.74 bits per heavy atom. The van der Waals surface area contributed by atoms with Gasteiger partial charge in [0.05, 0.1) is 6.54 Å². The molecule has 0 aliphatic carbocycles. The van der Waals surface area contributed by atoms with Crippen molar-refractivity contribution in [2.45, 2.75) is 18.1 Å². The quantitative estimate of drug-likeness (QED) is 0.473. The van der Waals surface area contributed by atoms with Gasteiger partial charge in [0.2, 0.25) is 0 Å². The minimum absolute atomic E-state index is 0.413. The minimum atomic E-state index is -4.10. The van der Waals surface area contributed by atoms with E-state index in [-0.39, 0.29) is 0 Å². The highest BCUT2D eigenvalue weighted by Crippen LogP contribution is 2.46. The van der Waals surface area contributed by atoms with Crippen molar-refractivity contribution < 1.29 is 22.7 Å². The second kappa shape index (κ2) is 7.84. The van der Waals surface area contributed by atoms with E-state index < -0.39 is 41.0 Å². The van der Waals surface area contributed by atoms with Crippen LogP contribution < -0.4 is 0 Å². The van der Waals surface area contributed by atoms with Gasteiger partial charge in [-0.2, -0.15) is 8.78 Å². The Morgan fingerprint density at radius 3 is 2.35 bits per heavy atom. The lowest BCUT2D eigenvalue weighted by Gasteiger charge is -2.35. The molecule has 158 valence electrons. The monoisotopic (exact) mass is 430 g/mol. The van der Waals surface area contributed by atoms with Gasteiger partial charge in [-0.05, 0) is 46.3 Å². The van der Waals surface area contributed by atoms with Gasteiger partial charge in [-0.1, -0.05) is 6.07 Å². The van der Waals surface area contributed by atoms with Crippen molar-refractivity contribution >= 4 is 0 Å². The molecule has 7 nitrogen and oxygen atoms in total. The average Bonchev–Trinajstić information content (AvgIpc) is 3.27. The Morgan fingerprint density at radius 1 is 0.968 bits per heavy atom. The molecule has 1 atom stereocenters. The summed E-state index contributed by atoms with van der Waals surface area (Å²) in [4.78, 5) is 7.70. The van der Waals surface area contributed by atoms with E-state index in [4.69, 9.17) is 0 Å². The van der Waals surface area contributed by atoms with Crippen LogP contribution >= 0.6 is 0 Å². The maximum absolute atomic E-state index is 15.6. The molecule has 0 bridgehead atoms. The molecule has 3 heterocycles. The third kappa shape index (κ3) is 3.75. The molecular weight excluding hydrogens is 416 g/mol. The molecule has 1 N–H and O–H groups in total. The van der Waals surface area contributed by atoms with Crippen LogP contribution in [-0.2, 0) is 18.1 Å². The van der Waals surface area contributed by atoms with Gasteiger partial charge in [-0.3, -0.25) is 9.97 Å². The van der Waals surface area contributed by atoms with Crippen LogP contribution in [0.5, 0.6) is 0 Å². The molecule has 11 heteroatoms. The summed E-state index contributed by atoms with van der Waals surface area (Å²) in [6.07, 6.45) is 5.28. The number of hydrogen-bond donors (Lipinski definition) is 1. The first-order valence-corrected chi connectivity index (χ1v) is 8.95. The Kier molecular flexibility index (Phi) is 5.19. The summed E-state index contributed by atoms with van der Waals surface area (Å²) in [5.41, 5.74) is -3.57. The van der Waals surface area contributed by atoms with E-state index in [1.54, 1.807) is 24.5 Å². The van der Waals surface area contributed by atoms with Crippen molar-refractivity contribution in [2.75, 3.05) is 0 Å². The van der Waals surface area contributed by atoms with Gasteiger partial charge in [0, 0.05) is 35.8 Å². The predicted octanol–water partition coefficient (Wildman–Crippen LogP) is 3.09. The van der Waals surface area contributed by atoms with Crippen molar-refractivity contribution in [3.8, 4) is 11.1 Å². The molecule has 4 rings (SSSR count). The standard InChI is InChI=1S/C20H14F4N6O/c21-15-2-3-16(17(22)9-15)19(31,11-30-12-27-28-29-30)20(23,24)18-4-1-14(10-26-18)13-5-7-25-8-6-13/h1-10,12,31H,11H2. The first-order chi connectivity index (χ1) is 14.8. The van der Waals surface area contributed by atoms with Gasteiger partial charge >= 0.3 is 5.92 Å². The van der Waals surface area contributed by atoms with Crippen molar-refractivity contribution in [1.82, 2.24) is 30.2 Å². The van der Waals surface area contributed by atoms with Crippen molar-refractivity contribution in [3.63, 3.8) is 0 Å². The second-order valence-corrected chi connectivity index (χ2v) is 6.73. The number of tetrazole rings is 1. The zero-order chi connectivity index (χ0) is 22.1. The molecule has 0 fully saturated rings. The number of rotatable bonds is 6. The lowest BCUT2D eigenvalue weighted by Crippen LogP contribution is -2.48. The SMILES string of the molecule is OC(Cn1cnnn1)(c1ccc(F)cc1F)C(F)(F)c1ccc(-c2ccncc2)cn1. The number of nitrogens with zero attached hydrogens (tertiary/aromatic N) is 6. The number of hydrogen-bond acceptors (Lipinski definition) is 6. The van der Waals surface area contributed by atoms with Crippen molar-refractivity contribution in [3.05, 3.63) is 90.3 Å². The first kappa shape index (κ1) is 20.5. The number of benzene rings is 1. The maximum atomic E-state index is 15.6. The Bertz CT molecular complexity index is 1170. The molecule has 1 aromatic carbocycles. The molecular formula is C20H14F4N6O. The molecule has 1 unspecified atom stereocenters. The maximum Gasteiger partial charge on any atom is 0.323 e. The van der Waals surface area contributed by atoms with Crippen LogP contribution in [0, 0.1) is 11.6 Å². The summed E-state index contributed by atoms with van der Waals surface area (Å²) in [5, 5.41) is 21.3. The molecule has 4 aromatic rings. The van der Waals surface area contributed by atoms with Gasteiger partial charge in [0.15, 0.2) is 5.60 Å². The van der Waals surface area contributed by atoms with Crippen LogP contribution in [-0.4, -0.2) is 35.3 Å². The molecule has 0 amide bonds. The number of alkyl halides is 2. The highest BCUT2D eigenvalue weighted by Gasteiger charge is 2.57. The van der Waals surface area contributed by atoms with Gasteiger partial charge in [0.25, 0.3) is 0 Å². The third-order valence-corrected chi connectivity index (χ3v) is 4.78. The Balaban J connectivity index is 1.79.